The van der Waals surface area contributed by atoms with Crippen LogP contribution in [0.3, 0.4) is 0 Å². The van der Waals surface area contributed by atoms with Crippen LogP contribution in [0, 0.1) is 5.92 Å². The van der Waals surface area contributed by atoms with Crippen LogP contribution in [0.1, 0.15) is 87.5 Å². The number of unbranched alkanes of at least 4 members (excludes halogenated alkanes) is 3. The normalized spacial score (nSPS) is 13.0. The van der Waals surface area contributed by atoms with Crippen LogP contribution in [-0.4, -0.2) is 55.7 Å². The fourth-order valence-electron chi connectivity index (χ4n) is 2.68. The molecule has 9 nitrogen and oxygen atoms in total. The molecule has 0 aliphatic heterocycles. The van der Waals surface area contributed by atoms with E-state index in [9.17, 15) is 14.4 Å². The molecule has 0 aromatic rings. The predicted molar refractivity (Wildman–Crippen MR) is 131 cm³/mol. The molecule has 0 spiro atoms. The zero-order valence-electron chi connectivity index (χ0n) is 22.4. The van der Waals surface area contributed by atoms with Crippen LogP contribution in [0.5, 0.6) is 0 Å². The molecule has 0 heterocycles. The summed E-state index contributed by atoms with van der Waals surface area (Å²) in [5.41, 5.74) is -1.15. The summed E-state index contributed by atoms with van der Waals surface area (Å²) in [5, 5.41) is 5.20. The van der Waals surface area contributed by atoms with Gasteiger partial charge in [0.1, 0.15) is 24.4 Å². The third-order valence-corrected chi connectivity index (χ3v) is 4.16. The van der Waals surface area contributed by atoms with E-state index in [1.807, 2.05) is 0 Å². The number of carbonyl (C=O) groups is 3. The number of alkyl carbamates (subject to hydrolysis) is 2. The minimum absolute atomic E-state index is 0.0444. The van der Waals surface area contributed by atoms with Crippen LogP contribution in [0.4, 0.5) is 9.59 Å². The zero-order chi connectivity index (χ0) is 26.2. The highest BCUT2D eigenvalue weighted by Crippen LogP contribution is 2.15. The fourth-order valence-corrected chi connectivity index (χ4v) is 2.68. The molecular weight excluding hydrogens is 440 g/mol. The van der Waals surface area contributed by atoms with Crippen molar-refractivity contribution in [3.05, 3.63) is 11.8 Å². The molecule has 2 N–H and O–H groups in total. The second-order valence-corrected chi connectivity index (χ2v) is 10.1. The summed E-state index contributed by atoms with van der Waals surface area (Å²) in [6.45, 7) is 15.4. The Bertz CT molecular complexity index is 649. The number of hydrogen-bond donors (Lipinski definition) is 2. The first kappa shape index (κ1) is 31.6. The van der Waals surface area contributed by atoms with E-state index >= 15 is 0 Å². The molecule has 2 amide bonds. The average Bonchev–Trinajstić information content (AvgIpc) is 2.68. The van der Waals surface area contributed by atoms with Crippen molar-refractivity contribution in [3.8, 4) is 0 Å². The highest BCUT2D eigenvalue weighted by molar-refractivity contribution is 5.74. The predicted octanol–water partition coefficient (Wildman–Crippen LogP) is 5.09. The highest BCUT2D eigenvalue weighted by atomic mass is 16.6. The molecule has 0 aliphatic rings. The maximum Gasteiger partial charge on any atom is 0.407 e. The van der Waals surface area contributed by atoms with Gasteiger partial charge in [0.15, 0.2) is 0 Å². The molecule has 198 valence electrons. The molecule has 34 heavy (non-hydrogen) atoms. The summed E-state index contributed by atoms with van der Waals surface area (Å²) in [6, 6.07) is 0. The van der Waals surface area contributed by atoms with Gasteiger partial charge in [-0.15, -0.1) is 0 Å². The summed E-state index contributed by atoms with van der Waals surface area (Å²) in [5.74, 6) is -0.229. The number of esters is 1. The maximum absolute atomic E-state index is 12.3. The number of ether oxygens (including phenoxy) is 4. The Morgan fingerprint density at radius 3 is 1.76 bits per heavy atom. The Morgan fingerprint density at radius 2 is 1.29 bits per heavy atom. The molecule has 0 unspecified atom stereocenters. The SMILES string of the molecule is CCCCCCC(=C[C@@H](C)C(=O)OCCNC(=O)OC(C)(C)C)OCCNC(=O)OC(C)(C)C. The van der Waals surface area contributed by atoms with Gasteiger partial charge in [0.25, 0.3) is 0 Å². The number of amides is 2. The van der Waals surface area contributed by atoms with Crippen LogP contribution >= 0.6 is 0 Å². The minimum atomic E-state index is -0.587. The van der Waals surface area contributed by atoms with Crippen molar-refractivity contribution in [2.24, 2.45) is 5.92 Å². The summed E-state index contributed by atoms with van der Waals surface area (Å²) in [4.78, 5) is 35.7. The second kappa shape index (κ2) is 16.2. The third kappa shape index (κ3) is 19.1. The summed E-state index contributed by atoms with van der Waals surface area (Å²) >= 11 is 0. The molecule has 0 rings (SSSR count). The van der Waals surface area contributed by atoms with Crippen molar-refractivity contribution in [3.63, 3.8) is 0 Å². The van der Waals surface area contributed by atoms with Gasteiger partial charge in [-0.05, 0) is 61.0 Å². The van der Waals surface area contributed by atoms with Crippen LogP contribution in [-0.2, 0) is 23.7 Å². The second-order valence-electron chi connectivity index (χ2n) is 10.1. The number of carbonyl (C=O) groups excluding carboxylic acids is 3. The van der Waals surface area contributed by atoms with Crippen molar-refractivity contribution in [2.75, 3.05) is 26.3 Å². The molecule has 0 aromatic heterocycles. The average molecular weight is 487 g/mol. The lowest BCUT2D eigenvalue weighted by molar-refractivity contribution is -0.146. The van der Waals surface area contributed by atoms with E-state index in [2.05, 4.69) is 17.6 Å². The molecular formula is C25H46N2O7. The minimum Gasteiger partial charge on any atom is -0.496 e. The zero-order valence-corrected chi connectivity index (χ0v) is 22.4. The molecule has 9 heteroatoms. The highest BCUT2D eigenvalue weighted by Gasteiger charge is 2.18. The largest absolute Gasteiger partial charge is 0.496 e. The van der Waals surface area contributed by atoms with E-state index in [0.717, 1.165) is 25.7 Å². The van der Waals surface area contributed by atoms with E-state index in [4.69, 9.17) is 18.9 Å². The summed E-state index contributed by atoms with van der Waals surface area (Å²) in [6.07, 6.45) is 5.67. The Kier molecular flexibility index (Phi) is 15.1. The lowest BCUT2D eigenvalue weighted by Gasteiger charge is -2.20. The van der Waals surface area contributed by atoms with Crippen molar-refractivity contribution in [1.82, 2.24) is 10.6 Å². The lowest BCUT2D eigenvalue weighted by atomic mass is 10.1. The Hall–Kier alpha value is -2.45. The number of rotatable bonds is 14. The van der Waals surface area contributed by atoms with Gasteiger partial charge in [-0.25, -0.2) is 9.59 Å². The Balaban J connectivity index is 4.59. The van der Waals surface area contributed by atoms with Gasteiger partial charge in [0.2, 0.25) is 0 Å². The topological polar surface area (TPSA) is 112 Å². The molecule has 1 atom stereocenters. The number of allylic oxidation sites excluding steroid dienone is 1. The van der Waals surface area contributed by atoms with Crippen molar-refractivity contribution in [1.29, 1.82) is 0 Å². The molecule has 0 saturated heterocycles. The van der Waals surface area contributed by atoms with E-state index in [0.29, 0.717) is 12.2 Å². The first-order valence-corrected chi connectivity index (χ1v) is 12.2. The van der Waals surface area contributed by atoms with E-state index in [-0.39, 0.29) is 26.3 Å². The van der Waals surface area contributed by atoms with Crippen LogP contribution in [0.25, 0.3) is 0 Å². The fraction of sp³-hybridized carbons (Fsp3) is 0.800. The monoisotopic (exact) mass is 486 g/mol. The van der Waals surface area contributed by atoms with Gasteiger partial charge in [0, 0.05) is 6.42 Å². The van der Waals surface area contributed by atoms with Crippen molar-refractivity contribution in [2.45, 2.75) is 98.7 Å². The molecule has 0 saturated carbocycles. The summed E-state index contributed by atoms with van der Waals surface area (Å²) in [7, 11) is 0. The van der Waals surface area contributed by atoms with Gasteiger partial charge in [-0.1, -0.05) is 26.2 Å². The van der Waals surface area contributed by atoms with Crippen LogP contribution in [0.15, 0.2) is 11.8 Å². The lowest BCUT2D eigenvalue weighted by Crippen LogP contribution is -2.34. The van der Waals surface area contributed by atoms with Gasteiger partial charge < -0.3 is 29.6 Å². The summed E-state index contributed by atoms with van der Waals surface area (Å²) < 4.78 is 21.4. The van der Waals surface area contributed by atoms with Crippen molar-refractivity contribution >= 4 is 18.2 Å². The van der Waals surface area contributed by atoms with Crippen LogP contribution in [0.2, 0.25) is 0 Å². The van der Waals surface area contributed by atoms with E-state index in [1.165, 1.54) is 0 Å². The maximum atomic E-state index is 12.3. The molecule has 0 bridgehead atoms. The van der Waals surface area contributed by atoms with E-state index in [1.54, 1.807) is 54.5 Å². The van der Waals surface area contributed by atoms with Gasteiger partial charge in [0.05, 0.1) is 24.8 Å². The number of hydrogen-bond acceptors (Lipinski definition) is 7. The van der Waals surface area contributed by atoms with Crippen LogP contribution < -0.4 is 10.6 Å². The Labute approximate surface area is 205 Å². The molecule has 0 aromatic carbocycles. The third-order valence-electron chi connectivity index (χ3n) is 4.16. The van der Waals surface area contributed by atoms with E-state index < -0.39 is 35.3 Å². The smallest absolute Gasteiger partial charge is 0.407 e. The Morgan fingerprint density at radius 1 is 0.794 bits per heavy atom. The quantitative estimate of drug-likeness (QED) is 0.152. The van der Waals surface area contributed by atoms with Gasteiger partial charge in [-0.3, -0.25) is 4.79 Å². The van der Waals surface area contributed by atoms with Crippen molar-refractivity contribution < 1.29 is 33.3 Å². The molecule has 0 radical (unpaired) electrons. The molecule has 0 aliphatic carbocycles. The first-order chi connectivity index (χ1) is 15.7. The number of nitrogens with one attached hydrogen (secondary N) is 2. The van der Waals surface area contributed by atoms with Gasteiger partial charge in [-0.2, -0.15) is 0 Å². The standard InChI is InChI=1S/C25H46N2O7/c1-9-10-11-12-13-20(31-16-14-26-22(29)33-24(3,4)5)18-19(2)21(28)32-17-15-27-23(30)34-25(6,7)8/h18-19H,9-17H2,1-8H3,(H,26,29)(H,27,30)/t19-/m1/s1. The molecule has 0 fully saturated rings. The first-order valence-electron chi connectivity index (χ1n) is 12.2. The van der Waals surface area contributed by atoms with Gasteiger partial charge >= 0.3 is 18.2 Å².